The Labute approximate surface area is 191 Å². The smallest absolute Gasteiger partial charge is 0.225 e. The van der Waals surface area contributed by atoms with E-state index in [0.29, 0.717) is 0 Å². The Morgan fingerprint density at radius 2 is 1.72 bits per heavy atom. The summed E-state index contributed by atoms with van der Waals surface area (Å²) in [6.07, 6.45) is 5.86. The maximum Gasteiger partial charge on any atom is 0.225 e. The Morgan fingerprint density at radius 3 is 2.38 bits per heavy atom. The molecule has 0 saturated carbocycles. The summed E-state index contributed by atoms with van der Waals surface area (Å²) in [4.78, 5) is 20.0. The van der Waals surface area contributed by atoms with Gasteiger partial charge >= 0.3 is 0 Å². The molecule has 2 heterocycles. The number of nitrogens with one attached hydrogen (secondary N) is 1. The SMILES string of the molecule is CN=C(NCCCCN(C)c1ccccc1)N1CCN(c2ncccn2)CC1.I. The summed E-state index contributed by atoms with van der Waals surface area (Å²) >= 11 is 0. The Balaban J connectivity index is 0.00000300. The molecule has 1 aromatic heterocycles. The molecule has 0 atom stereocenters. The van der Waals surface area contributed by atoms with Crippen LogP contribution in [0.5, 0.6) is 0 Å². The van der Waals surface area contributed by atoms with Gasteiger partial charge in [0, 0.05) is 71.4 Å². The van der Waals surface area contributed by atoms with Crippen LogP contribution in [0, 0.1) is 0 Å². The quantitative estimate of drug-likeness (QED) is 0.268. The molecule has 1 saturated heterocycles. The van der Waals surface area contributed by atoms with Crippen molar-refractivity contribution in [2.75, 3.05) is 63.2 Å². The first kappa shape index (κ1) is 23.2. The van der Waals surface area contributed by atoms with E-state index in [1.54, 1.807) is 12.4 Å². The number of hydrogen-bond acceptors (Lipinski definition) is 5. The van der Waals surface area contributed by atoms with Gasteiger partial charge < -0.3 is 20.0 Å². The molecular formula is C21H32IN7. The molecular weight excluding hydrogens is 477 g/mol. The minimum atomic E-state index is 0. The first-order valence-corrected chi connectivity index (χ1v) is 10.0. The minimum Gasteiger partial charge on any atom is -0.375 e. The number of anilines is 2. The van der Waals surface area contributed by atoms with Gasteiger partial charge in [-0.15, -0.1) is 24.0 Å². The van der Waals surface area contributed by atoms with Crippen molar-refractivity contribution in [3.05, 3.63) is 48.8 Å². The number of aromatic nitrogens is 2. The number of para-hydroxylation sites is 1. The van der Waals surface area contributed by atoms with Crippen molar-refractivity contribution in [1.29, 1.82) is 0 Å². The van der Waals surface area contributed by atoms with E-state index >= 15 is 0 Å². The topological polar surface area (TPSA) is 59.9 Å². The Bertz CT molecular complexity index is 718. The molecule has 1 fully saturated rings. The number of halogens is 1. The highest BCUT2D eigenvalue weighted by molar-refractivity contribution is 14.0. The van der Waals surface area contributed by atoms with Crippen LogP contribution in [0.3, 0.4) is 0 Å². The molecule has 1 aliphatic heterocycles. The highest BCUT2D eigenvalue weighted by atomic mass is 127. The van der Waals surface area contributed by atoms with Gasteiger partial charge in [-0.25, -0.2) is 9.97 Å². The molecule has 0 radical (unpaired) electrons. The van der Waals surface area contributed by atoms with Crippen LogP contribution in [-0.2, 0) is 0 Å². The summed E-state index contributed by atoms with van der Waals surface area (Å²) < 4.78 is 0. The Morgan fingerprint density at radius 1 is 1.03 bits per heavy atom. The van der Waals surface area contributed by atoms with Gasteiger partial charge in [-0.1, -0.05) is 18.2 Å². The number of piperazine rings is 1. The van der Waals surface area contributed by atoms with E-state index in [-0.39, 0.29) is 24.0 Å². The highest BCUT2D eigenvalue weighted by Gasteiger charge is 2.20. The van der Waals surface area contributed by atoms with Gasteiger partial charge in [0.1, 0.15) is 0 Å². The second-order valence-corrected chi connectivity index (χ2v) is 6.96. The number of aliphatic imine (C=N–C) groups is 1. The fourth-order valence-corrected chi connectivity index (χ4v) is 3.39. The van der Waals surface area contributed by atoms with Crippen molar-refractivity contribution in [3.63, 3.8) is 0 Å². The summed E-state index contributed by atoms with van der Waals surface area (Å²) in [5, 5.41) is 3.51. The van der Waals surface area contributed by atoms with E-state index < -0.39 is 0 Å². The Hall–Kier alpha value is -2.10. The van der Waals surface area contributed by atoms with Crippen molar-refractivity contribution in [1.82, 2.24) is 20.2 Å². The largest absolute Gasteiger partial charge is 0.375 e. The number of rotatable bonds is 7. The molecule has 1 N–H and O–H groups in total. The molecule has 1 aliphatic rings. The lowest BCUT2D eigenvalue weighted by molar-refractivity contribution is 0.370. The number of hydrogen-bond donors (Lipinski definition) is 1. The van der Waals surface area contributed by atoms with E-state index in [0.717, 1.165) is 64.0 Å². The van der Waals surface area contributed by atoms with E-state index in [2.05, 4.69) is 72.4 Å². The molecule has 0 amide bonds. The van der Waals surface area contributed by atoms with Crippen LogP contribution in [0.4, 0.5) is 11.6 Å². The molecule has 0 spiro atoms. The fourth-order valence-electron chi connectivity index (χ4n) is 3.39. The van der Waals surface area contributed by atoms with Gasteiger partial charge in [-0.3, -0.25) is 4.99 Å². The number of nitrogens with zero attached hydrogens (tertiary/aromatic N) is 6. The number of benzene rings is 1. The monoisotopic (exact) mass is 509 g/mol. The summed E-state index contributed by atoms with van der Waals surface area (Å²) in [7, 11) is 4.01. The van der Waals surface area contributed by atoms with Crippen molar-refractivity contribution >= 4 is 41.6 Å². The maximum absolute atomic E-state index is 4.46. The lowest BCUT2D eigenvalue weighted by atomic mass is 10.2. The summed E-state index contributed by atoms with van der Waals surface area (Å²) in [6.45, 7) is 5.67. The first-order chi connectivity index (χ1) is 13.8. The van der Waals surface area contributed by atoms with Crippen molar-refractivity contribution in [2.24, 2.45) is 4.99 Å². The van der Waals surface area contributed by atoms with E-state index in [1.165, 1.54) is 5.69 Å². The van der Waals surface area contributed by atoms with Crippen molar-refractivity contribution in [2.45, 2.75) is 12.8 Å². The first-order valence-electron chi connectivity index (χ1n) is 10.0. The average molecular weight is 509 g/mol. The zero-order chi connectivity index (χ0) is 19.6. The van der Waals surface area contributed by atoms with Gasteiger partial charge in [0.25, 0.3) is 0 Å². The number of guanidine groups is 1. The van der Waals surface area contributed by atoms with Crippen molar-refractivity contribution in [3.8, 4) is 0 Å². The standard InChI is InChI=1S/C21H31N7.HI/c1-22-20(23-11-6-7-14-26(2)19-9-4-3-5-10-19)27-15-17-28(18-16-27)21-24-12-8-13-25-21;/h3-5,8-10,12-13H,6-7,11,14-18H2,1-2H3,(H,22,23);1H. The fraction of sp³-hybridized carbons (Fsp3) is 0.476. The zero-order valence-corrected chi connectivity index (χ0v) is 19.7. The van der Waals surface area contributed by atoms with E-state index in [4.69, 9.17) is 0 Å². The zero-order valence-electron chi connectivity index (χ0n) is 17.4. The lowest BCUT2D eigenvalue weighted by Crippen LogP contribution is -2.53. The molecule has 29 heavy (non-hydrogen) atoms. The van der Waals surface area contributed by atoms with E-state index in [1.807, 2.05) is 13.1 Å². The van der Waals surface area contributed by atoms with Gasteiger partial charge in [0.2, 0.25) is 5.95 Å². The molecule has 3 rings (SSSR count). The van der Waals surface area contributed by atoms with Gasteiger partial charge in [0.05, 0.1) is 0 Å². The predicted molar refractivity (Wildman–Crippen MR) is 132 cm³/mol. The molecule has 1 aromatic carbocycles. The van der Waals surface area contributed by atoms with Crippen LogP contribution in [0.25, 0.3) is 0 Å². The summed E-state index contributed by atoms with van der Waals surface area (Å²) in [6, 6.07) is 12.4. The Kier molecular flexibility index (Phi) is 9.96. The molecule has 158 valence electrons. The normalized spacial score (nSPS) is 14.3. The molecule has 0 aliphatic carbocycles. The third-order valence-corrected chi connectivity index (χ3v) is 5.03. The van der Waals surface area contributed by atoms with Crippen molar-refractivity contribution < 1.29 is 0 Å². The van der Waals surface area contributed by atoms with Crippen LogP contribution < -0.4 is 15.1 Å². The molecule has 0 unspecified atom stereocenters. The van der Waals surface area contributed by atoms with Gasteiger partial charge in [0.15, 0.2) is 5.96 Å². The van der Waals surface area contributed by atoms with Crippen LogP contribution >= 0.6 is 24.0 Å². The molecule has 7 nitrogen and oxygen atoms in total. The number of unbranched alkanes of at least 4 members (excludes halogenated alkanes) is 1. The van der Waals surface area contributed by atoms with Gasteiger partial charge in [-0.05, 0) is 31.0 Å². The summed E-state index contributed by atoms with van der Waals surface area (Å²) in [5.41, 5.74) is 1.27. The van der Waals surface area contributed by atoms with Crippen LogP contribution in [-0.4, -0.2) is 74.2 Å². The minimum absolute atomic E-state index is 0. The second kappa shape index (κ2) is 12.5. The van der Waals surface area contributed by atoms with Crippen LogP contribution in [0.15, 0.2) is 53.8 Å². The average Bonchev–Trinajstić information content (AvgIpc) is 2.77. The van der Waals surface area contributed by atoms with Crippen LogP contribution in [0.2, 0.25) is 0 Å². The molecule has 8 heteroatoms. The lowest BCUT2D eigenvalue weighted by Gasteiger charge is -2.36. The third kappa shape index (κ3) is 7.02. The molecule has 2 aromatic rings. The second-order valence-electron chi connectivity index (χ2n) is 6.96. The third-order valence-electron chi connectivity index (χ3n) is 5.03. The molecule has 0 bridgehead atoms. The van der Waals surface area contributed by atoms with E-state index in [9.17, 15) is 0 Å². The van der Waals surface area contributed by atoms with Gasteiger partial charge in [-0.2, -0.15) is 0 Å². The maximum atomic E-state index is 4.46. The van der Waals surface area contributed by atoms with Crippen LogP contribution in [0.1, 0.15) is 12.8 Å². The summed E-state index contributed by atoms with van der Waals surface area (Å²) in [5.74, 6) is 1.80. The highest BCUT2D eigenvalue weighted by Crippen LogP contribution is 2.12. The predicted octanol–water partition coefficient (Wildman–Crippen LogP) is 2.71.